The van der Waals surface area contributed by atoms with Gasteiger partial charge in [-0.2, -0.15) is 5.10 Å². The van der Waals surface area contributed by atoms with Crippen LogP contribution in [0.25, 0.3) is 11.3 Å². The molecule has 5 nitrogen and oxygen atoms in total. The lowest BCUT2D eigenvalue weighted by Crippen LogP contribution is -2.21. The average molecular weight is 228 g/mol. The van der Waals surface area contributed by atoms with E-state index in [1.165, 1.54) is 0 Å². The minimum atomic E-state index is -0.0725. The molecule has 0 atom stereocenters. The maximum atomic E-state index is 5.34. The Morgan fingerprint density at radius 2 is 1.94 bits per heavy atom. The molecular formula is C12H12N4O. The van der Waals surface area contributed by atoms with Crippen molar-refractivity contribution in [1.82, 2.24) is 0 Å². The van der Waals surface area contributed by atoms with E-state index in [1.54, 1.807) is 12.5 Å². The van der Waals surface area contributed by atoms with Gasteiger partial charge in [-0.1, -0.05) is 24.3 Å². The average Bonchev–Trinajstić information content (AvgIpc) is 2.82. The highest BCUT2D eigenvalue weighted by Gasteiger charge is 2.04. The molecule has 4 N–H and O–H groups in total. The third kappa shape index (κ3) is 2.72. The minimum Gasteiger partial charge on any atom is -0.464 e. The zero-order chi connectivity index (χ0) is 12.1. The van der Waals surface area contributed by atoms with Crippen LogP contribution in [-0.2, 0) is 0 Å². The molecule has 0 fully saturated rings. The minimum absolute atomic E-state index is 0.0725. The fraction of sp³-hybridized carbons (Fsp3) is 0. The van der Waals surface area contributed by atoms with E-state index in [0.29, 0.717) is 0 Å². The summed E-state index contributed by atoms with van der Waals surface area (Å²) >= 11 is 0. The van der Waals surface area contributed by atoms with Gasteiger partial charge < -0.3 is 15.9 Å². The summed E-state index contributed by atoms with van der Waals surface area (Å²) in [5, 5.41) is 7.34. The lowest BCUT2D eigenvalue weighted by molar-refractivity contribution is 0.582. The van der Waals surface area contributed by atoms with Crippen molar-refractivity contribution < 1.29 is 4.42 Å². The van der Waals surface area contributed by atoms with Crippen molar-refractivity contribution in [2.45, 2.75) is 0 Å². The Kier molecular flexibility index (Phi) is 3.20. The molecule has 2 rings (SSSR count). The standard InChI is InChI=1S/C12H12N4O/c13-12(14)16-15-8-9-4-1-2-5-10(9)11-6-3-7-17-11/h1-8H,(H4,13,14,16). The number of hydrogen-bond donors (Lipinski definition) is 2. The van der Waals surface area contributed by atoms with Crippen molar-refractivity contribution in [2.24, 2.45) is 21.7 Å². The number of guanidine groups is 1. The van der Waals surface area contributed by atoms with Gasteiger partial charge in [0, 0.05) is 11.1 Å². The van der Waals surface area contributed by atoms with Gasteiger partial charge in [0.25, 0.3) is 0 Å². The molecule has 0 radical (unpaired) electrons. The predicted octanol–water partition coefficient (Wildman–Crippen LogP) is 1.55. The number of benzene rings is 1. The van der Waals surface area contributed by atoms with Crippen LogP contribution in [0.4, 0.5) is 0 Å². The molecule has 0 bridgehead atoms. The highest BCUT2D eigenvalue weighted by Crippen LogP contribution is 2.22. The van der Waals surface area contributed by atoms with Crippen molar-refractivity contribution in [3.05, 3.63) is 48.2 Å². The number of nitrogens with two attached hydrogens (primary N) is 2. The van der Waals surface area contributed by atoms with Gasteiger partial charge in [-0.3, -0.25) is 0 Å². The van der Waals surface area contributed by atoms with E-state index in [0.717, 1.165) is 16.9 Å². The predicted molar refractivity (Wildman–Crippen MR) is 67.5 cm³/mol. The first kappa shape index (κ1) is 10.9. The zero-order valence-electron chi connectivity index (χ0n) is 9.08. The normalized spacial score (nSPS) is 10.6. The summed E-state index contributed by atoms with van der Waals surface area (Å²) in [5.41, 5.74) is 12.2. The highest BCUT2D eigenvalue weighted by atomic mass is 16.3. The monoisotopic (exact) mass is 228 g/mol. The first-order valence-corrected chi connectivity index (χ1v) is 5.02. The van der Waals surface area contributed by atoms with Gasteiger partial charge in [-0.15, -0.1) is 5.10 Å². The van der Waals surface area contributed by atoms with Crippen molar-refractivity contribution >= 4 is 12.2 Å². The number of furan rings is 1. The van der Waals surface area contributed by atoms with Crippen LogP contribution in [0, 0.1) is 0 Å². The Labute approximate surface area is 98.5 Å². The van der Waals surface area contributed by atoms with Crippen molar-refractivity contribution in [3.63, 3.8) is 0 Å². The van der Waals surface area contributed by atoms with E-state index < -0.39 is 0 Å². The molecule has 1 heterocycles. The van der Waals surface area contributed by atoms with Crippen LogP contribution in [0.2, 0.25) is 0 Å². The molecule has 2 aromatic rings. The Hall–Kier alpha value is -2.56. The largest absolute Gasteiger partial charge is 0.464 e. The highest BCUT2D eigenvalue weighted by molar-refractivity contribution is 5.89. The Morgan fingerprint density at radius 3 is 2.65 bits per heavy atom. The first-order chi connectivity index (χ1) is 8.27. The topological polar surface area (TPSA) is 89.9 Å². The van der Waals surface area contributed by atoms with Crippen molar-refractivity contribution in [2.75, 3.05) is 0 Å². The number of hydrogen-bond acceptors (Lipinski definition) is 3. The van der Waals surface area contributed by atoms with Crippen LogP contribution in [0.5, 0.6) is 0 Å². The van der Waals surface area contributed by atoms with E-state index in [-0.39, 0.29) is 5.96 Å². The first-order valence-electron chi connectivity index (χ1n) is 5.02. The SMILES string of the molecule is NC(N)=NN=Cc1ccccc1-c1ccco1. The molecule has 0 saturated carbocycles. The third-order valence-electron chi connectivity index (χ3n) is 2.12. The molecule has 0 unspecified atom stereocenters. The summed E-state index contributed by atoms with van der Waals surface area (Å²) in [6.45, 7) is 0. The van der Waals surface area contributed by atoms with Crippen LogP contribution in [0.15, 0.2) is 57.3 Å². The number of rotatable bonds is 3. The molecule has 1 aromatic carbocycles. The molecular weight excluding hydrogens is 216 g/mol. The zero-order valence-corrected chi connectivity index (χ0v) is 9.08. The van der Waals surface area contributed by atoms with Gasteiger partial charge in [-0.05, 0) is 12.1 Å². The Morgan fingerprint density at radius 1 is 1.12 bits per heavy atom. The second-order valence-electron chi connectivity index (χ2n) is 3.33. The quantitative estimate of drug-likeness (QED) is 0.474. The van der Waals surface area contributed by atoms with Crippen LogP contribution in [-0.4, -0.2) is 12.2 Å². The summed E-state index contributed by atoms with van der Waals surface area (Å²) in [7, 11) is 0. The smallest absolute Gasteiger partial charge is 0.211 e. The van der Waals surface area contributed by atoms with Crippen molar-refractivity contribution in [3.8, 4) is 11.3 Å². The summed E-state index contributed by atoms with van der Waals surface area (Å²) in [6, 6.07) is 11.4. The molecule has 0 aliphatic carbocycles. The second kappa shape index (κ2) is 4.98. The molecule has 0 saturated heterocycles. The van der Waals surface area contributed by atoms with Gasteiger partial charge in [0.1, 0.15) is 5.76 Å². The Balaban J connectivity index is 2.35. The van der Waals surface area contributed by atoms with Gasteiger partial charge in [-0.25, -0.2) is 0 Å². The van der Waals surface area contributed by atoms with Crippen molar-refractivity contribution in [1.29, 1.82) is 0 Å². The van der Waals surface area contributed by atoms with E-state index in [4.69, 9.17) is 15.9 Å². The van der Waals surface area contributed by atoms with Crippen LogP contribution in [0.3, 0.4) is 0 Å². The van der Waals surface area contributed by atoms with Gasteiger partial charge in [0.05, 0.1) is 12.5 Å². The molecule has 0 aliphatic rings. The van der Waals surface area contributed by atoms with Crippen LogP contribution in [0.1, 0.15) is 5.56 Å². The van der Waals surface area contributed by atoms with Crippen LogP contribution < -0.4 is 11.5 Å². The lowest BCUT2D eigenvalue weighted by Gasteiger charge is -2.00. The summed E-state index contributed by atoms with van der Waals surface area (Å²) in [4.78, 5) is 0. The van der Waals surface area contributed by atoms with Gasteiger partial charge in [0.2, 0.25) is 5.96 Å². The fourth-order valence-electron chi connectivity index (χ4n) is 1.42. The van der Waals surface area contributed by atoms with E-state index in [9.17, 15) is 0 Å². The molecule has 1 aromatic heterocycles. The number of nitrogens with zero attached hydrogens (tertiary/aromatic N) is 2. The molecule has 17 heavy (non-hydrogen) atoms. The Bertz CT molecular complexity index is 539. The fourth-order valence-corrected chi connectivity index (χ4v) is 1.42. The second-order valence-corrected chi connectivity index (χ2v) is 3.33. The molecule has 0 spiro atoms. The van der Waals surface area contributed by atoms with Gasteiger partial charge in [0.15, 0.2) is 0 Å². The van der Waals surface area contributed by atoms with E-state index in [1.807, 2.05) is 36.4 Å². The lowest BCUT2D eigenvalue weighted by atomic mass is 10.1. The van der Waals surface area contributed by atoms with E-state index in [2.05, 4.69) is 10.2 Å². The third-order valence-corrected chi connectivity index (χ3v) is 2.12. The maximum Gasteiger partial charge on any atom is 0.211 e. The van der Waals surface area contributed by atoms with Gasteiger partial charge >= 0.3 is 0 Å². The molecule has 5 heteroatoms. The molecule has 86 valence electrons. The molecule has 0 amide bonds. The summed E-state index contributed by atoms with van der Waals surface area (Å²) in [5.74, 6) is 0.702. The maximum absolute atomic E-state index is 5.34. The summed E-state index contributed by atoms with van der Waals surface area (Å²) < 4.78 is 5.34. The van der Waals surface area contributed by atoms with Crippen LogP contribution >= 0.6 is 0 Å². The summed E-state index contributed by atoms with van der Waals surface area (Å²) in [6.07, 6.45) is 3.21. The molecule has 0 aliphatic heterocycles. The van der Waals surface area contributed by atoms with E-state index >= 15 is 0 Å².